The number of rotatable bonds is 5. The van der Waals surface area contributed by atoms with E-state index in [9.17, 15) is 21.6 Å². The Morgan fingerprint density at radius 3 is 2.76 bits per heavy atom. The summed E-state index contributed by atoms with van der Waals surface area (Å²) in [4.78, 5) is 11.8. The molecule has 118 valence electrons. The molecule has 1 aliphatic rings. The van der Waals surface area contributed by atoms with Gasteiger partial charge in [0, 0.05) is 13.1 Å². The number of carbonyl (C=O) groups excluding carboxylic acids is 1. The molecule has 21 heavy (non-hydrogen) atoms. The molecule has 0 aromatic carbocycles. The van der Waals surface area contributed by atoms with Crippen molar-refractivity contribution in [3.05, 3.63) is 17.5 Å². The third kappa shape index (κ3) is 4.02. The van der Waals surface area contributed by atoms with Gasteiger partial charge in [-0.05, 0) is 17.9 Å². The fourth-order valence-electron chi connectivity index (χ4n) is 2.03. The van der Waals surface area contributed by atoms with Crippen LogP contribution in [0.3, 0.4) is 0 Å². The van der Waals surface area contributed by atoms with Crippen molar-refractivity contribution in [2.24, 2.45) is 0 Å². The second kappa shape index (κ2) is 6.03. The van der Waals surface area contributed by atoms with E-state index in [1.54, 1.807) is 11.4 Å². The number of hydrogen-bond acceptors (Lipinski definition) is 6. The minimum Gasteiger partial charge on any atom is -0.351 e. The number of nitrogens with one attached hydrogen (secondary N) is 1. The first-order chi connectivity index (χ1) is 9.71. The normalized spacial score (nSPS) is 21.5. The van der Waals surface area contributed by atoms with Gasteiger partial charge in [-0.15, -0.1) is 11.3 Å². The summed E-state index contributed by atoms with van der Waals surface area (Å²) in [6.45, 7) is -0.337. The van der Waals surface area contributed by atoms with Crippen molar-refractivity contribution in [2.45, 2.75) is 16.7 Å². The van der Waals surface area contributed by atoms with Gasteiger partial charge in [-0.1, -0.05) is 6.07 Å². The Hall–Kier alpha value is -0.970. The summed E-state index contributed by atoms with van der Waals surface area (Å²) in [6, 6.07) is 2.66. The molecular weight excluding hydrogens is 336 g/mol. The molecule has 1 saturated heterocycles. The van der Waals surface area contributed by atoms with Crippen LogP contribution in [0, 0.1) is 0 Å². The molecule has 1 N–H and O–H groups in total. The van der Waals surface area contributed by atoms with E-state index in [1.807, 2.05) is 0 Å². The van der Waals surface area contributed by atoms with Gasteiger partial charge in [-0.2, -0.15) is 4.31 Å². The van der Waals surface area contributed by atoms with Crippen LogP contribution in [0.2, 0.25) is 0 Å². The molecule has 0 bridgehead atoms. The SMILES string of the molecule is CN(CC(=O)NC1CCS(=O)(=O)C1)S(=O)(=O)c1cccs1. The van der Waals surface area contributed by atoms with Crippen molar-refractivity contribution in [3.63, 3.8) is 0 Å². The van der Waals surface area contributed by atoms with Gasteiger partial charge in [-0.25, -0.2) is 16.8 Å². The van der Waals surface area contributed by atoms with Crippen LogP contribution >= 0.6 is 11.3 Å². The summed E-state index contributed by atoms with van der Waals surface area (Å²) in [7, 11) is -5.43. The molecular formula is C11H16N2O5S3. The van der Waals surface area contributed by atoms with Gasteiger partial charge < -0.3 is 5.32 Å². The number of sulfonamides is 1. The lowest BCUT2D eigenvalue weighted by molar-refractivity contribution is -0.121. The molecule has 2 heterocycles. The molecule has 10 heteroatoms. The van der Waals surface area contributed by atoms with Crippen molar-refractivity contribution in [1.29, 1.82) is 0 Å². The van der Waals surface area contributed by atoms with E-state index in [0.717, 1.165) is 15.6 Å². The monoisotopic (exact) mass is 352 g/mol. The molecule has 7 nitrogen and oxygen atoms in total. The van der Waals surface area contributed by atoms with E-state index in [-0.39, 0.29) is 22.3 Å². The number of hydrogen-bond donors (Lipinski definition) is 1. The fraction of sp³-hybridized carbons (Fsp3) is 0.545. The maximum absolute atomic E-state index is 12.1. The molecule has 0 radical (unpaired) electrons. The van der Waals surface area contributed by atoms with E-state index >= 15 is 0 Å². The van der Waals surface area contributed by atoms with Crippen molar-refractivity contribution in [3.8, 4) is 0 Å². The maximum atomic E-state index is 12.1. The second-order valence-electron chi connectivity index (χ2n) is 4.86. The summed E-state index contributed by atoms with van der Waals surface area (Å²) < 4.78 is 48.0. The molecule has 2 rings (SSSR count). The summed E-state index contributed by atoms with van der Waals surface area (Å²) in [6.07, 6.45) is 0.370. The van der Waals surface area contributed by atoms with Crippen LogP contribution in [0.4, 0.5) is 0 Å². The molecule has 1 aromatic heterocycles. The highest BCUT2D eigenvalue weighted by Gasteiger charge is 2.30. The van der Waals surface area contributed by atoms with Crippen LogP contribution in [-0.4, -0.2) is 58.2 Å². The molecule has 1 atom stereocenters. The van der Waals surface area contributed by atoms with E-state index in [4.69, 9.17) is 0 Å². The van der Waals surface area contributed by atoms with Crippen molar-refractivity contribution in [1.82, 2.24) is 9.62 Å². The van der Waals surface area contributed by atoms with Crippen LogP contribution in [0.5, 0.6) is 0 Å². The van der Waals surface area contributed by atoms with Crippen LogP contribution in [0.15, 0.2) is 21.7 Å². The van der Waals surface area contributed by atoms with Gasteiger partial charge in [0.05, 0.1) is 18.1 Å². The molecule has 1 unspecified atom stereocenters. The highest BCUT2D eigenvalue weighted by Crippen LogP contribution is 2.19. The van der Waals surface area contributed by atoms with E-state index < -0.39 is 31.8 Å². The maximum Gasteiger partial charge on any atom is 0.252 e. The van der Waals surface area contributed by atoms with Gasteiger partial charge in [0.1, 0.15) is 4.21 Å². The van der Waals surface area contributed by atoms with Gasteiger partial charge in [-0.3, -0.25) is 4.79 Å². The largest absolute Gasteiger partial charge is 0.351 e. The highest BCUT2D eigenvalue weighted by atomic mass is 32.2. The predicted molar refractivity (Wildman–Crippen MR) is 79.3 cm³/mol. The van der Waals surface area contributed by atoms with Crippen LogP contribution in [-0.2, 0) is 24.7 Å². The second-order valence-corrected chi connectivity index (χ2v) is 10.3. The number of thiophene rings is 1. The smallest absolute Gasteiger partial charge is 0.252 e. The Balaban J connectivity index is 1.94. The molecule has 1 fully saturated rings. The average Bonchev–Trinajstić information content (AvgIpc) is 2.98. The topological polar surface area (TPSA) is 101 Å². The first kappa shape index (κ1) is 16.4. The van der Waals surface area contributed by atoms with Crippen molar-refractivity contribution in [2.75, 3.05) is 25.1 Å². The lowest BCUT2D eigenvalue weighted by Gasteiger charge is -2.17. The fourth-order valence-corrected chi connectivity index (χ4v) is 6.03. The lowest BCUT2D eigenvalue weighted by atomic mass is 10.2. The first-order valence-corrected chi connectivity index (χ1v) is 10.3. The van der Waals surface area contributed by atoms with E-state index in [2.05, 4.69) is 5.32 Å². The van der Waals surface area contributed by atoms with E-state index in [0.29, 0.717) is 6.42 Å². The number of carbonyl (C=O) groups is 1. The zero-order valence-corrected chi connectivity index (χ0v) is 13.8. The third-order valence-corrected chi connectivity index (χ3v) is 8.07. The van der Waals surface area contributed by atoms with Crippen LogP contribution in [0.25, 0.3) is 0 Å². The van der Waals surface area contributed by atoms with Crippen LogP contribution in [0.1, 0.15) is 6.42 Å². The minimum atomic E-state index is -3.67. The Bertz CT molecular complexity index is 709. The lowest BCUT2D eigenvalue weighted by Crippen LogP contribution is -2.43. The zero-order chi connectivity index (χ0) is 15.7. The van der Waals surface area contributed by atoms with Crippen LogP contribution < -0.4 is 5.32 Å². The zero-order valence-electron chi connectivity index (χ0n) is 11.4. The molecule has 0 aliphatic carbocycles. The number of likely N-dealkylation sites (N-methyl/N-ethyl adjacent to an activating group) is 1. The highest BCUT2D eigenvalue weighted by molar-refractivity contribution is 7.91. The Morgan fingerprint density at radius 1 is 1.52 bits per heavy atom. The standard InChI is InChI=1S/C11H16N2O5S3/c1-13(21(17,18)11-3-2-5-19-11)7-10(14)12-9-4-6-20(15,16)8-9/h2-3,5,9H,4,6-8H2,1H3,(H,12,14). The Morgan fingerprint density at radius 2 is 2.24 bits per heavy atom. The van der Waals surface area contributed by atoms with Gasteiger partial charge in [0.25, 0.3) is 10.0 Å². The summed E-state index contributed by atoms with van der Waals surface area (Å²) in [5.74, 6) is -0.527. The number of nitrogens with zero attached hydrogens (tertiary/aromatic N) is 1. The Kier molecular flexibility index (Phi) is 4.71. The van der Waals surface area contributed by atoms with Gasteiger partial charge >= 0.3 is 0 Å². The minimum absolute atomic E-state index is 0.0568. The summed E-state index contributed by atoms with van der Waals surface area (Å²) in [5, 5.41) is 4.20. The molecule has 1 amide bonds. The van der Waals surface area contributed by atoms with Crippen molar-refractivity contribution >= 4 is 37.1 Å². The molecule has 0 spiro atoms. The third-order valence-electron chi connectivity index (χ3n) is 3.12. The quantitative estimate of drug-likeness (QED) is 0.782. The van der Waals surface area contributed by atoms with Crippen molar-refractivity contribution < 1.29 is 21.6 Å². The average molecular weight is 352 g/mol. The van der Waals surface area contributed by atoms with E-state index in [1.165, 1.54) is 13.1 Å². The summed E-state index contributed by atoms with van der Waals surface area (Å²) in [5.41, 5.74) is 0. The summed E-state index contributed by atoms with van der Waals surface area (Å²) >= 11 is 1.08. The molecule has 1 aliphatic heterocycles. The Labute approximate surface area is 127 Å². The number of amides is 1. The van der Waals surface area contributed by atoms with Gasteiger partial charge in [0.15, 0.2) is 9.84 Å². The number of sulfone groups is 1. The van der Waals surface area contributed by atoms with Gasteiger partial charge in [0.2, 0.25) is 5.91 Å². The molecule has 0 saturated carbocycles. The predicted octanol–water partition coefficient (Wildman–Crippen LogP) is -0.328. The molecule has 1 aromatic rings. The first-order valence-electron chi connectivity index (χ1n) is 6.20.